The SMILES string of the molecule is CCC(Sc1c([O-])on[n+]1-c1ccccc1)C(=O)Nc1[c-]cc([N+](=O)[O-])cc1. The molecule has 1 amide bonds. The largest absolute Gasteiger partial charge is 0.538 e. The molecular weight excluding hydrogens is 384 g/mol. The molecule has 0 spiro atoms. The molecular formula is C18H15N4O5S-. The number of para-hydroxylation sites is 1. The Morgan fingerprint density at radius 2 is 2.11 bits per heavy atom. The molecule has 0 aliphatic heterocycles. The fourth-order valence-electron chi connectivity index (χ4n) is 2.35. The molecule has 1 unspecified atom stereocenters. The van der Waals surface area contributed by atoms with E-state index in [0.29, 0.717) is 17.8 Å². The summed E-state index contributed by atoms with van der Waals surface area (Å²) < 4.78 is 6.11. The number of amides is 1. The number of hydrogen-bond donors (Lipinski definition) is 1. The lowest BCUT2D eigenvalue weighted by molar-refractivity contribution is -0.705. The van der Waals surface area contributed by atoms with Crippen LogP contribution >= 0.6 is 11.8 Å². The van der Waals surface area contributed by atoms with Crippen LogP contribution in [-0.4, -0.2) is 21.4 Å². The van der Waals surface area contributed by atoms with Crippen LogP contribution in [0.2, 0.25) is 0 Å². The van der Waals surface area contributed by atoms with E-state index < -0.39 is 16.1 Å². The number of anilines is 1. The molecule has 1 N–H and O–H groups in total. The minimum atomic E-state index is -0.637. The van der Waals surface area contributed by atoms with Gasteiger partial charge < -0.3 is 14.9 Å². The minimum Gasteiger partial charge on any atom is -0.538 e. The lowest BCUT2D eigenvalue weighted by Gasteiger charge is -2.15. The van der Waals surface area contributed by atoms with E-state index in [1.54, 1.807) is 24.3 Å². The van der Waals surface area contributed by atoms with Crippen molar-refractivity contribution in [2.45, 2.75) is 23.6 Å². The van der Waals surface area contributed by atoms with Gasteiger partial charge in [-0.15, -0.1) is 6.07 Å². The first-order valence-electron chi connectivity index (χ1n) is 8.27. The summed E-state index contributed by atoms with van der Waals surface area (Å²) in [7, 11) is 0. The molecule has 2 aromatic carbocycles. The molecule has 0 aliphatic carbocycles. The summed E-state index contributed by atoms with van der Waals surface area (Å²) in [5.41, 5.74) is 0.817. The third-order valence-corrected chi connectivity index (χ3v) is 5.15. The normalized spacial score (nSPS) is 11.8. The van der Waals surface area contributed by atoms with Crippen molar-refractivity contribution >= 4 is 29.0 Å². The predicted octanol–water partition coefficient (Wildman–Crippen LogP) is 2.24. The molecule has 28 heavy (non-hydrogen) atoms. The van der Waals surface area contributed by atoms with Crippen molar-refractivity contribution in [2.75, 3.05) is 5.32 Å². The average Bonchev–Trinajstić information content (AvgIpc) is 3.07. The minimum absolute atomic E-state index is 0.121. The average molecular weight is 399 g/mol. The summed E-state index contributed by atoms with van der Waals surface area (Å²) in [6.45, 7) is 1.81. The number of nitrogens with one attached hydrogen (secondary N) is 1. The van der Waals surface area contributed by atoms with Gasteiger partial charge in [-0.3, -0.25) is 14.9 Å². The highest BCUT2D eigenvalue weighted by atomic mass is 32.2. The van der Waals surface area contributed by atoms with Crippen LogP contribution in [0.15, 0.2) is 58.1 Å². The van der Waals surface area contributed by atoms with Gasteiger partial charge in [0.25, 0.3) is 5.03 Å². The third-order valence-electron chi connectivity index (χ3n) is 3.76. The first kappa shape index (κ1) is 19.4. The molecule has 1 aromatic heterocycles. The van der Waals surface area contributed by atoms with E-state index in [4.69, 9.17) is 4.52 Å². The van der Waals surface area contributed by atoms with Gasteiger partial charge in [-0.25, -0.2) is 0 Å². The lowest BCUT2D eigenvalue weighted by Crippen LogP contribution is -2.36. The molecule has 0 radical (unpaired) electrons. The molecule has 0 aliphatic rings. The number of aromatic nitrogens is 2. The Kier molecular flexibility index (Phi) is 5.90. The molecule has 0 saturated heterocycles. The van der Waals surface area contributed by atoms with Crippen molar-refractivity contribution in [3.63, 3.8) is 0 Å². The van der Waals surface area contributed by atoms with Gasteiger partial charge in [0.1, 0.15) is 0 Å². The van der Waals surface area contributed by atoms with Crippen LogP contribution in [0.3, 0.4) is 0 Å². The number of carbonyl (C=O) groups is 1. The van der Waals surface area contributed by atoms with Crippen LogP contribution in [0.1, 0.15) is 13.3 Å². The van der Waals surface area contributed by atoms with Crippen molar-refractivity contribution in [1.82, 2.24) is 5.27 Å². The van der Waals surface area contributed by atoms with Crippen LogP contribution in [0.5, 0.6) is 5.95 Å². The quantitative estimate of drug-likeness (QED) is 0.212. The number of hydrogen-bond acceptors (Lipinski definition) is 7. The van der Waals surface area contributed by atoms with E-state index in [1.807, 2.05) is 13.0 Å². The zero-order chi connectivity index (χ0) is 20.1. The summed E-state index contributed by atoms with van der Waals surface area (Å²) in [6.07, 6.45) is 0.433. The van der Waals surface area contributed by atoms with Gasteiger partial charge in [0.2, 0.25) is 11.6 Å². The fourth-order valence-corrected chi connectivity index (χ4v) is 3.32. The van der Waals surface area contributed by atoms with E-state index in [1.165, 1.54) is 22.9 Å². The van der Waals surface area contributed by atoms with Crippen LogP contribution in [0.25, 0.3) is 5.69 Å². The monoisotopic (exact) mass is 399 g/mol. The molecule has 144 valence electrons. The number of nitrogens with zero attached hydrogens (tertiary/aromatic N) is 3. The predicted molar refractivity (Wildman–Crippen MR) is 98.0 cm³/mol. The standard InChI is InChI=1S/C18H16N4O5S/c1-2-15(16(23)19-12-8-10-14(11-9-12)22(25)26)28-17-18(24)27-20-21(17)13-6-4-3-5-7-13/h3-8,10-11,15,24H,2H2,1H3,(H,19,23)/p-1. The topological polar surface area (TPSA) is 125 Å². The van der Waals surface area contributed by atoms with Gasteiger partial charge in [-0.2, -0.15) is 6.07 Å². The van der Waals surface area contributed by atoms with Crippen LogP contribution in [0, 0.1) is 16.2 Å². The van der Waals surface area contributed by atoms with E-state index in [2.05, 4.69) is 16.7 Å². The summed E-state index contributed by atoms with van der Waals surface area (Å²) >= 11 is 1.04. The van der Waals surface area contributed by atoms with Crippen molar-refractivity contribution < 1.29 is 24.0 Å². The van der Waals surface area contributed by atoms with Gasteiger partial charge in [-0.1, -0.05) is 42.9 Å². The molecule has 9 nitrogen and oxygen atoms in total. The number of nitro benzene ring substituents is 1. The number of nitro groups is 1. The second-order valence-corrected chi connectivity index (χ2v) is 6.83. The van der Waals surface area contributed by atoms with Gasteiger partial charge in [-0.05, 0) is 22.9 Å². The highest BCUT2D eigenvalue weighted by Gasteiger charge is 2.28. The smallest absolute Gasteiger partial charge is 0.298 e. The van der Waals surface area contributed by atoms with Crippen LogP contribution in [-0.2, 0) is 4.79 Å². The van der Waals surface area contributed by atoms with Crippen LogP contribution in [0.4, 0.5) is 11.4 Å². The third kappa shape index (κ3) is 4.29. The molecule has 3 aromatic rings. The van der Waals surface area contributed by atoms with E-state index in [0.717, 1.165) is 11.8 Å². The lowest BCUT2D eigenvalue weighted by atomic mass is 10.2. The van der Waals surface area contributed by atoms with E-state index in [-0.39, 0.29) is 16.6 Å². The number of carbonyl (C=O) groups excluding carboxylic acids is 1. The molecule has 0 saturated carbocycles. The molecule has 0 fully saturated rings. The van der Waals surface area contributed by atoms with E-state index in [9.17, 15) is 20.0 Å². The maximum atomic E-state index is 12.6. The van der Waals surface area contributed by atoms with Crippen molar-refractivity contribution in [3.8, 4) is 11.6 Å². The Morgan fingerprint density at radius 1 is 1.36 bits per heavy atom. The zero-order valence-corrected chi connectivity index (χ0v) is 15.5. The number of non-ortho nitro benzene ring substituents is 1. The maximum absolute atomic E-state index is 12.6. The Labute approximate surface area is 164 Å². The molecule has 1 atom stereocenters. The second kappa shape index (κ2) is 8.53. The maximum Gasteiger partial charge on any atom is 0.298 e. The molecule has 10 heteroatoms. The Morgan fingerprint density at radius 3 is 2.71 bits per heavy atom. The molecule has 1 heterocycles. The summed E-state index contributed by atoms with van der Waals surface area (Å²) in [4.78, 5) is 22.8. The van der Waals surface area contributed by atoms with Crippen molar-refractivity contribution in [2.24, 2.45) is 0 Å². The van der Waals surface area contributed by atoms with Gasteiger partial charge in [0.15, 0.2) is 11.6 Å². The van der Waals surface area contributed by atoms with Crippen molar-refractivity contribution in [3.05, 3.63) is 64.7 Å². The zero-order valence-electron chi connectivity index (χ0n) is 14.7. The Balaban J connectivity index is 1.76. The first-order valence-corrected chi connectivity index (χ1v) is 9.15. The summed E-state index contributed by atoms with van der Waals surface area (Å²) in [5.74, 6) is -1.00. The number of benzene rings is 2. The molecule has 0 bridgehead atoms. The highest BCUT2D eigenvalue weighted by Crippen LogP contribution is 2.30. The summed E-state index contributed by atoms with van der Waals surface area (Å²) in [6, 6.07) is 15.5. The second-order valence-electron chi connectivity index (χ2n) is 5.63. The van der Waals surface area contributed by atoms with Gasteiger partial charge >= 0.3 is 0 Å². The highest BCUT2D eigenvalue weighted by molar-refractivity contribution is 8.00. The van der Waals surface area contributed by atoms with E-state index >= 15 is 0 Å². The van der Waals surface area contributed by atoms with Gasteiger partial charge in [0.05, 0.1) is 10.5 Å². The Bertz CT molecular complexity index is 975. The first-order chi connectivity index (χ1) is 13.5. The number of rotatable bonds is 7. The number of thioether (sulfide) groups is 1. The van der Waals surface area contributed by atoms with Gasteiger partial charge in [0, 0.05) is 17.1 Å². The fraction of sp³-hybridized carbons (Fsp3) is 0.167. The Hall–Kier alpha value is -3.40. The van der Waals surface area contributed by atoms with Crippen molar-refractivity contribution in [1.29, 1.82) is 0 Å². The molecule has 3 rings (SSSR count). The van der Waals surface area contributed by atoms with Crippen LogP contribution < -0.4 is 15.1 Å². The summed E-state index contributed by atoms with van der Waals surface area (Å²) in [5, 5.41) is 28.7.